The van der Waals surface area contributed by atoms with E-state index in [9.17, 15) is 4.79 Å². The van der Waals surface area contributed by atoms with E-state index in [0.29, 0.717) is 12.4 Å². The molecule has 1 amide bonds. The van der Waals surface area contributed by atoms with E-state index in [1.54, 1.807) is 0 Å². The standard InChI is InChI=1S/C26H28N6O/c1-18-10-12-22(13-11-18)32-25-23(19(2)29-32)24(27-20(3)28-25)30-14-7-15-31(17-16-30)26(33)21-8-5-4-6-9-21/h4-6,8-13H,7,14-17H2,1-3H3. The third-order valence-electron chi connectivity index (χ3n) is 6.18. The van der Waals surface area contributed by atoms with Crippen LogP contribution in [0.15, 0.2) is 54.6 Å². The number of aryl methyl sites for hydroxylation is 3. The lowest BCUT2D eigenvalue weighted by atomic mass is 10.2. The van der Waals surface area contributed by atoms with Gasteiger partial charge in [-0.05, 0) is 51.5 Å². The van der Waals surface area contributed by atoms with Crippen LogP contribution < -0.4 is 4.90 Å². The summed E-state index contributed by atoms with van der Waals surface area (Å²) in [6.07, 6.45) is 0.883. The molecule has 2 aromatic heterocycles. The van der Waals surface area contributed by atoms with Gasteiger partial charge in [-0.25, -0.2) is 14.6 Å². The highest BCUT2D eigenvalue weighted by Gasteiger charge is 2.25. The highest BCUT2D eigenvalue weighted by molar-refractivity contribution is 5.94. The molecule has 1 saturated heterocycles. The van der Waals surface area contributed by atoms with Gasteiger partial charge in [-0.2, -0.15) is 5.10 Å². The van der Waals surface area contributed by atoms with Crippen molar-refractivity contribution in [1.29, 1.82) is 0 Å². The minimum Gasteiger partial charge on any atom is -0.354 e. The van der Waals surface area contributed by atoms with E-state index in [-0.39, 0.29) is 5.91 Å². The Balaban J connectivity index is 1.47. The maximum Gasteiger partial charge on any atom is 0.253 e. The zero-order chi connectivity index (χ0) is 22.9. The molecule has 5 rings (SSSR count). The molecule has 168 valence electrons. The van der Waals surface area contributed by atoms with Crippen LogP contribution >= 0.6 is 0 Å². The van der Waals surface area contributed by atoms with Crippen molar-refractivity contribution >= 4 is 22.8 Å². The number of carbonyl (C=O) groups excluding carboxylic acids is 1. The second-order valence-electron chi connectivity index (χ2n) is 8.62. The number of rotatable bonds is 3. The van der Waals surface area contributed by atoms with Gasteiger partial charge in [0.1, 0.15) is 11.6 Å². The summed E-state index contributed by atoms with van der Waals surface area (Å²) in [7, 11) is 0. The summed E-state index contributed by atoms with van der Waals surface area (Å²) >= 11 is 0. The monoisotopic (exact) mass is 440 g/mol. The number of benzene rings is 2. The van der Waals surface area contributed by atoms with Gasteiger partial charge in [0, 0.05) is 31.7 Å². The fourth-order valence-corrected chi connectivity index (χ4v) is 4.46. The zero-order valence-electron chi connectivity index (χ0n) is 19.3. The predicted molar refractivity (Wildman–Crippen MR) is 130 cm³/mol. The van der Waals surface area contributed by atoms with Crippen molar-refractivity contribution in [1.82, 2.24) is 24.6 Å². The van der Waals surface area contributed by atoms with Crippen molar-refractivity contribution in [3.8, 4) is 5.69 Å². The zero-order valence-corrected chi connectivity index (χ0v) is 19.3. The smallest absolute Gasteiger partial charge is 0.253 e. The third kappa shape index (κ3) is 4.06. The number of aromatic nitrogens is 4. The molecule has 0 aliphatic carbocycles. The summed E-state index contributed by atoms with van der Waals surface area (Å²) in [6.45, 7) is 8.96. The molecule has 0 bridgehead atoms. The van der Waals surface area contributed by atoms with Gasteiger partial charge >= 0.3 is 0 Å². The number of hydrogen-bond acceptors (Lipinski definition) is 5. The highest BCUT2D eigenvalue weighted by Crippen LogP contribution is 2.29. The molecule has 33 heavy (non-hydrogen) atoms. The highest BCUT2D eigenvalue weighted by atomic mass is 16.2. The molecule has 0 radical (unpaired) electrons. The topological polar surface area (TPSA) is 67.2 Å². The molecule has 7 nitrogen and oxygen atoms in total. The van der Waals surface area contributed by atoms with E-state index < -0.39 is 0 Å². The predicted octanol–water partition coefficient (Wildman–Crippen LogP) is 4.09. The van der Waals surface area contributed by atoms with E-state index >= 15 is 0 Å². The summed E-state index contributed by atoms with van der Waals surface area (Å²) in [4.78, 5) is 26.8. The molecule has 0 unspecified atom stereocenters. The Morgan fingerprint density at radius 2 is 1.61 bits per heavy atom. The molecule has 0 saturated carbocycles. The van der Waals surface area contributed by atoms with E-state index in [4.69, 9.17) is 15.1 Å². The maximum absolute atomic E-state index is 13.0. The van der Waals surface area contributed by atoms with Crippen molar-refractivity contribution in [2.24, 2.45) is 0 Å². The maximum atomic E-state index is 13.0. The van der Waals surface area contributed by atoms with Crippen molar-refractivity contribution in [3.63, 3.8) is 0 Å². The van der Waals surface area contributed by atoms with Crippen LogP contribution in [0.2, 0.25) is 0 Å². The van der Waals surface area contributed by atoms with Crippen molar-refractivity contribution < 1.29 is 4.79 Å². The van der Waals surface area contributed by atoms with E-state index in [1.165, 1.54) is 5.56 Å². The Hall–Kier alpha value is -3.74. The summed E-state index contributed by atoms with van der Waals surface area (Å²) in [5.74, 6) is 1.71. The number of hydrogen-bond donors (Lipinski definition) is 0. The number of anilines is 1. The molecule has 3 heterocycles. The van der Waals surface area contributed by atoms with Crippen molar-refractivity contribution in [2.75, 3.05) is 31.1 Å². The van der Waals surface area contributed by atoms with Gasteiger partial charge in [-0.1, -0.05) is 35.9 Å². The Morgan fingerprint density at radius 1 is 0.848 bits per heavy atom. The number of fused-ring (bicyclic) bond motifs is 1. The third-order valence-corrected chi connectivity index (χ3v) is 6.18. The van der Waals surface area contributed by atoms with Gasteiger partial charge in [0.15, 0.2) is 5.65 Å². The van der Waals surface area contributed by atoms with Gasteiger partial charge in [-0.15, -0.1) is 0 Å². The van der Waals surface area contributed by atoms with E-state index in [0.717, 1.165) is 59.9 Å². The molecule has 0 N–H and O–H groups in total. The van der Waals surface area contributed by atoms with Crippen LogP contribution in [0.25, 0.3) is 16.7 Å². The number of nitrogens with zero attached hydrogens (tertiary/aromatic N) is 6. The fourth-order valence-electron chi connectivity index (χ4n) is 4.46. The normalized spacial score (nSPS) is 14.5. The van der Waals surface area contributed by atoms with E-state index in [1.807, 2.05) is 53.8 Å². The Kier molecular flexibility index (Phi) is 5.54. The summed E-state index contributed by atoms with van der Waals surface area (Å²) in [5.41, 5.74) is 4.65. The second kappa shape index (κ2) is 8.65. The SMILES string of the molecule is Cc1ccc(-n2nc(C)c3c(N4CCCN(C(=O)c5ccccc5)CC4)nc(C)nc32)cc1. The first-order valence-electron chi connectivity index (χ1n) is 11.4. The molecule has 4 aromatic rings. The quantitative estimate of drug-likeness (QED) is 0.480. The fraction of sp³-hybridized carbons (Fsp3) is 0.308. The Labute approximate surface area is 193 Å². The molecule has 0 spiro atoms. The first-order chi connectivity index (χ1) is 16.0. The second-order valence-corrected chi connectivity index (χ2v) is 8.62. The first kappa shape index (κ1) is 21.1. The minimum absolute atomic E-state index is 0.0878. The van der Waals surface area contributed by atoms with Gasteiger partial charge < -0.3 is 9.80 Å². The molecular formula is C26H28N6O. The summed E-state index contributed by atoms with van der Waals surface area (Å²) < 4.78 is 1.91. The number of carbonyl (C=O) groups is 1. The van der Waals surface area contributed by atoms with Gasteiger partial charge in [0.2, 0.25) is 0 Å². The Bertz CT molecular complexity index is 1300. The van der Waals surface area contributed by atoms with Crippen LogP contribution in [0.5, 0.6) is 0 Å². The lowest BCUT2D eigenvalue weighted by Crippen LogP contribution is -2.35. The van der Waals surface area contributed by atoms with Crippen molar-refractivity contribution in [2.45, 2.75) is 27.2 Å². The average Bonchev–Trinajstić information content (AvgIpc) is 2.99. The lowest BCUT2D eigenvalue weighted by Gasteiger charge is -2.24. The van der Waals surface area contributed by atoms with Gasteiger partial charge in [0.05, 0.1) is 16.8 Å². The summed E-state index contributed by atoms with van der Waals surface area (Å²) in [6, 6.07) is 17.8. The van der Waals surface area contributed by atoms with Crippen LogP contribution in [-0.4, -0.2) is 56.7 Å². The Morgan fingerprint density at radius 3 is 2.36 bits per heavy atom. The average molecular weight is 441 g/mol. The van der Waals surface area contributed by atoms with Crippen LogP contribution in [0.3, 0.4) is 0 Å². The van der Waals surface area contributed by atoms with Crippen molar-refractivity contribution in [3.05, 3.63) is 77.2 Å². The van der Waals surface area contributed by atoms with Crippen LogP contribution in [-0.2, 0) is 0 Å². The van der Waals surface area contributed by atoms with Crippen LogP contribution in [0.1, 0.15) is 33.9 Å². The molecule has 1 fully saturated rings. The lowest BCUT2D eigenvalue weighted by molar-refractivity contribution is 0.0767. The molecule has 1 aliphatic heterocycles. The summed E-state index contributed by atoms with van der Waals surface area (Å²) in [5, 5.41) is 5.79. The first-order valence-corrected chi connectivity index (χ1v) is 11.4. The molecule has 0 atom stereocenters. The molecular weight excluding hydrogens is 412 g/mol. The van der Waals surface area contributed by atoms with Gasteiger partial charge in [0.25, 0.3) is 5.91 Å². The van der Waals surface area contributed by atoms with Crippen LogP contribution in [0.4, 0.5) is 5.82 Å². The largest absolute Gasteiger partial charge is 0.354 e. The molecule has 2 aromatic carbocycles. The molecule has 1 aliphatic rings. The van der Waals surface area contributed by atoms with Gasteiger partial charge in [-0.3, -0.25) is 4.79 Å². The van der Waals surface area contributed by atoms with Crippen LogP contribution in [0, 0.1) is 20.8 Å². The van der Waals surface area contributed by atoms with E-state index in [2.05, 4.69) is 36.1 Å². The molecule has 7 heteroatoms. The minimum atomic E-state index is 0.0878. The number of amides is 1.